The number of hydrogen-bond donors (Lipinski definition) is 1. The van der Waals surface area contributed by atoms with E-state index >= 15 is 0 Å². The summed E-state index contributed by atoms with van der Waals surface area (Å²) in [7, 11) is -2.13. The van der Waals surface area contributed by atoms with Crippen molar-refractivity contribution in [2.24, 2.45) is 0 Å². The van der Waals surface area contributed by atoms with Gasteiger partial charge < -0.3 is 14.8 Å². The molecule has 2 aromatic rings. The highest BCUT2D eigenvalue weighted by Crippen LogP contribution is 2.37. The lowest BCUT2D eigenvalue weighted by Crippen LogP contribution is -2.33. The second-order valence-corrected chi connectivity index (χ2v) is 9.30. The zero-order chi connectivity index (χ0) is 21.6. The molecule has 0 saturated carbocycles. The zero-order valence-corrected chi connectivity index (χ0v) is 18.1. The molecule has 156 valence electrons. The van der Waals surface area contributed by atoms with Crippen molar-refractivity contribution in [3.8, 4) is 16.9 Å². The van der Waals surface area contributed by atoms with Crippen molar-refractivity contribution in [1.29, 1.82) is 0 Å². The molecule has 0 saturated heterocycles. The summed E-state index contributed by atoms with van der Waals surface area (Å²) >= 11 is 1.13. The number of esters is 1. The highest BCUT2D eigenvalue weighted by molar-refractivity contribution is 7.92. The van der Waals surface area contributed by atoms with Gasteiger partial charge in [0.05, 0.1) is 19.5 Å². The molecular formula is C20H23NO6S2. The molecule has 2 rings (SSSR count). The fourth-order valence-corrected chi connectivity index (χ4v) is 4.49. The van der Waals surface area contributed by atoms with Gasteiger partial charge >= 0.3 is 5.97 Å². The Kier molecular flexibility index (Phi) is 7.58. The van der Waals surface area contributed by atoms with Crippen LogP contribution in [0.1, 0.15) is 24.2 Å². The summed E-state index contributed by atoms with van der Waals surface area (Å²) in [6.07, 6.45) is 1.23. The maximum atomic E-state index is 12.6. The Balaban J connectivity index is 2.41. The molecule has 9 heteroatoms. The summed E-state index contributed by atoms with van der Waals surface area (Å²) in [4.78, 5) is 25.1. The number of ether oxygens (including phenoxy) is 2. The summed E-state index contributed by atoms with van der Waals surface area (Å²) in [5.74, 6) is -0.970. The molecule has 0 bridgehead atoms. The van der Waals surface area contributed by atoms with Crippen LogP contribution in [-0.2, 0) is 19.4 Å². The van der Waals surface area contributed by atoms with Crippen LogP contribution in [0.5, 0.6) is 5.75 Å². The molecule has 0 aliphatic carbocycles. The van der Waals surface area contributed by atoms with E-state index in [-0.39, 0.29) is 22.9 Å². The molecule has 0 radical (unpaired) electrons. The fourth-order valence-electron chi connectivity index (χ4n) is 2.52. The third-order valence-electron chi connectivity index (χ3n) is 4.17. The Bertz CT molecular complexity index is 992. The lowest BCUT2D eigenvalue weighted by molar-refractivity contribution is -0.115. The highest BCUT2D eigenvalue weighted by Gasteiger charge is 2.29. The topological polar surface area (TPSA) is 98.8 Å². The van der Waals surface area contributed by atoms with E-state index in [2.05, 4.69) is 11.9 Å². The van der Waals surface area contributed by atoms with Crippen LogP contribution in [0.25, 0.3) is 11.1 Å². The van der Waals surface area contributed by atoms with Crippen molar-refractivity contribution in [1.82, 2.24) is 0 Å². The Hall–Kier alpha value is -2.65. The third kappa shape index (κ3) is 5.24. The summed E-state index contributed by atoms with van der Waals surface area (Å²) in [5, 5.41) is 3.23. The molecule has 1 N–H and O–H groups in total. The first-order valence-electron chi connectivity index (χ1n) is 8.81. The van der Waals surface area contributed by atoms with Crippen LogP contribution >= 0.6 is 11.3 Å². The molecule has 1 aromatic carbocycles. The van der Waals surface area contributed by atoms with Gasteiger partial charge in [-0.15, -0.1) is 17.9 Å². The van der Waals surface area contributed by atoms with Gasteiger partial charge in [-0.05, 0) is 31.5 Å². The SMILES string of the molecule is C=CCS(=O)(=O)C(C)C(=O)Nc1scc(-c2ccc(OC)cc2)c1C(=O)OCC. The van der Waals surface area contributed by atoms with E-state index in [1.807, 2.05) is 0 Å². The number of thiophene rings is 1. The number of anilines is 1. The van der Waals surface area contributed by atoms with Gasteiger partial charge in [0.2, 0.25) is 5.91 Å². The van der Waals surface area contributed by atoms with Gasteiger partial charge in [0.15, 0.2) is 9.84 Å². The number of methoxy groups -OCH3 is 1. The van der Waals surface area contributed by atoms with E-state index in [1.54, 1.807) is 43.7 Å². The first-order chi connectivity index (χ1) is 13.7. The number of nitrogens with one attached hydrogen (secondary N) is 1. The zero-order valence-electron chi connectivity index (χ0n) is 16.4. The van der Waals surface area contributed by atoms with Crippen LogP contribution in [0.4, 0.5) is 5.00 Å². The van der Waals surface area contributed by atoms with Crippen molar-refractivity contribution < 1.29 is 27.5 Å². The van der Waals surface area contributed by atoms with E-state index in [0.29, 0.717) is 11.3 Å². The number of benzene rings is 1. The molecule has 0 aliphatic heterocycles. The summed E-state index contributed by atoms with van der Waals surface area (Å²) < 4.78 is 34.6. The van der Waals surface area contributed by atoms with E-state index in [4.69, 9.17) is 9.47 Å². The number of amides is 1. The Morgan fingerprint density at radius 2 is 1.93 bits per heavy atom. The maximum Gasteiger partial charge on any atom is 0.341 e. The molecule has 1 aromatic heterocycles. The Morgan fingerprint density at radius 3 is 2.48 bits per heavy atom. The Morgan fingerprint density at radius 1 is 1.28 bits per heavy atom. The molecule has 1 unspecified atom stereocenters. The fraction of sp³-hybridized carbons (Fsp3) is 0.300. The van der Waals surface area contributed by atoms with Crippen LogP contribution < -0.4 is 10.1 Å². The molecule has 1 atom stereocenters. The standard InChI is InChI=1S/C20H23NO6S2/c1-5-11-29(24,25)13(3)18(22)21-19-17(20(23)27-6-2)16(12-28-19)14-7-9-15(26-4)10-8-14/h5,7-10,12-13H,1,6,11H2,2-4H3,(H,21,22). The predicted molar refractivity (Wildman–Crippen MR) is 114 cm³/mol. The molecular weight excluding hydrogens is 414 g/mol. The van der Waals surface area contributed by atoms with Crippen molar-refractivity contribution >= 4 is 38.1 Å². The van der Waals surface area contributed by atoms with E-state index in [1.165, 1.54) is 13.0 Å². The van der Waals surface area contributed by atoms with E-state index in [0.717, 1.165) is 16.9 Å². The number of rotatable bonds is 9. The van der Waals surface area contributed by atoms with Crippen LogP contribution in [0.3, 0.4) is 0 Å². The van der Waals surface area contributed by atoms with Gasteiger partial charge in [0.25, 0.3) is 0 Å². The largest absolute Gasteiger partial charge is 0.497 e. The van der Waals surface area contributed by atoms with Crippen LogP contribution in [0.15, 0.2) is 42.3 Å². The highest BCUT2D eigenvalue weighted by atomic mass is 32.2. The van der Waals surface area contributed by atoms with Crippen molar-refractivity contribution in [3.63, 3.8) is 0 Å². The quantitative estimate of drug-likeness (QED) is 0.476. The molecule has 0 aliphatic rings. The minimum Gasteiger partial charge on any atom is -0.497 e. The van der Waals surface area contributed by atoms with Gasteiger partial charge in [-0.1, -0.05) is 18.2 Å². The van der Waals surface area contributed by atoms with Crippen molar-refractivity contribution in [3.05, 3.63) is 47.9 Å². The summed E-state index contributed by atoms with van der Waals surface area (Å²) in [5.41, 5.74) is 1.50. The molecule has 1 amide bonds. The van der Waals surface area contributed by atoms with Crippen LogP contribution in [-0.4, -0.2) is 45.0 Å². The van der Waals surface area contributed by atoms with E-state index in [9.17, 15) is 18.0 Å². The average molecular weight is 438 g/mol. The second kappa shape index (κ2) is 9.71. The van der Waals surface area contributed by atoms with Crippen molar-refractivity contribution in [2.75, 3.05) is 24.8 Å². The van der Waals surface area contributed by atoms with Crippen LogP contribution in [0, 0.1) is 0 Å². The Labute approximate surface area is 174 Å². The first-order valence-corrected chi connectivity index (χ1v) is 11.4. The van der Waals surface area contributed by atoms with Gasteiger partial charge in [-0.2, -0.15) is 0 Å². The number of carbonyl (C=O) groups is 2. The predicted octanol–water partition coefficient (Wildman–Crippen LogP) is 3.53. The average Bonchev–Trinajstić information content (AvgIpc) is 3.11. The van der Waals surface area contributed by atoms with Gasteiger partial charge in [0, 0.05) is 10.9 Å². The van der Waals surface area contributed by atoms with Gasteiger partial charge in [-0.25, -0.2) is 13.2 Å². The lowest BCUT2D eigenvalue weighted by atomic mass is 10.0. The summed E-state index contributed by atoms with van der Waals surface area (Å²) in [6.45, 7) is 6.54. The third-order valence-corrected chi connectivity index (χ3v) is 7.05. The number of hydrogen-bond acceptors (Lipinski definition) is 7. The first kappa shape index (κ1) is 22.6. The smallest absolute Gasteiger partial charge is 0.341 e. The van der Waals surface area contributed by atoms with Crippen LogP contribution in [0.2, 0.25) is 0 Å². The molecule has 0 fully saturated rings. The second-order valence-electron chi connectivity index (χ2n) is 6.05. The maximum absolute atomic E-state index is 12.6. The van der Waals surface area contributed by atoms with Crippen molar-refractivity contribution in [2.45, 2.75) is 19.1 Å². The normalized spacial score (nSPS) is 12.1. The monoisotopic (exact) mass is 437 g/mol. The molecule has 1 heterocycles. The molecule has 7 nitrogen and oxygen atoms in total. The minimum atomic E-state index is -3.68. The molecule has 29 heavy (non-hydrogen) atoms. The van der Waals surface area contributed by atoms with Gasteiger partial charge in [0.1, 0.15) is 21.6 Å². The molecule has 0 spiro atoms. The van der Waals surface area contributed by atoms with E-state index < -0.39 is 27.0 Å². The lowest BCUT2D eigenvalue weighted by Gasteiger charge is -2.13. The summed E-state index contributed by atoms with van der Waals surface area (Å²) in [6, 6.07) is 7.08. The van der Waals surface area contributed by atoms with Gasteiger partial charge in [-0.3, -0.25) is 4.79 Å². The number of sulfone groups is 1. The minimum absolute atomic E-state index is 0.161. The number of carbonyl (C=O) groups excluding carboxylic acids is 2.